The van der Waals surface area contributed by atoms with E-state index in [2.05, 4.69) is 9.97 Å². The van der Waals surface area contributed by atoms with Crippen molar-refractivity contribution in [1.82, 2.24) is 9.97 Å². The molecule has 2 aromatic heterocycles. The smallest absolute Gasteiger partial charge is 0.328 e. The van der Waals surface area contributed by atoms with Crippen LogP contribution in [0.1, 0.15) is 11.4 Å². The quantitative estimate of drug-likeness (QED) is 0.679. The molecule has 0 atom stereocenters. The SMILES string of the molecule is Cc1nc(N(C)c2ccc(C(F)(F)F)cc2)c2sccc2n1. The molecule has 0 aliphatic carbocycles. The average molecular weight is 323 g/mol. The van der Waals surface area contributed by atoms with Gasteiger partial charge >= 0.3 is 6.18 Å². The van der Waals surface area contributed by atoms with Gasteiger partial charge in [0.05, 0.1) is 15.8 Å². The van der Waals surface area contributed by atoms with Gasteiger partial charge in [0.15, 0.2) is 5.82 Å². The molecule has 0 N–H and O–H groups in total. The summed E-state index contributed by atoms with van der Waals surface area (Å²) in [5.74, 6) is 1.32. The number of aromatic nitrogens is 2. The van der Waals surface area contributed by atoms with Gasteiger partial charge in [0, 0.05) is 12.7 Å². The summed E-state index contributed by atoms with van der Waals surface area (Å²) in [6, 6.07) is 6.94. The van der Waals surface area contributed by atoms with E-state index in [4.69, 9.17) is 0 Å². The van der Waals surface area contributed by atoms with Crippen LogP contribution >= 0.6 is 11.3 Å². The summed E-state index contributed by atoms with van der Waals surface area (Å²) in [7, 11) is 1.78. The van der Waals surface area contributed by atoms with Gasteiger partial charge in [-0.1, -0.05) is 0 Å². The molecule has 3 aromatic rings. The topological polar surface area (TPSA) is 29.0 Å². The Kier molecular flexibility index (Phi) is 3.52. The number of halogens is 3. The Hall–Kier alpha value is -2.15. The number of rotatable bonds is 2. The number of hydrogen-bond donors (Lipinski definition) is 0. The van der Waals surface area contributed by atoms with E-state index in [0.717, 1.165) is 22.3 Å². The van der Waals surface area contributed by atoms with Gasteiger partial charge in [-0.05, 0) is 42.6 Å². The van der Waals surface area contributed by atoms with Gasteiger partial charge in [-0.3, -0.25) is 0 Å². The number of benzene rings is 1. The summed E-state index contributed by atoms with van der Waals surface area (Å²) >= 11 is 1.51. The lowest BCUT2D eigenvalue weighted by molar-refractivity contribution is -0.137. The Balaban J connectivity index is 2.02. The average Bonchev–Trinajstić information content (AvgIpc) is 2.93. The molecule has 7 heteroatoms. The van der Waals surface area contributed by atoms with Crippen LogP contribution in [0.5, 0.6) is 0 Å². The Morgan fingerprint density at radius 1 is 1.05 bits per heavy atom. The van der Waals surface area contributed by atoms with Gasteiger partial charge in [0.25, 0.3) is 0 Å². The Morgan fingerprint density at radius 3 is 2.36 bits per heavy atom. The van der Waals surface area contributed by atoms with E-state index in [-0.39, 0.29) is 0 Å². The normalized spacial score (nSPS) is 11.9. The molecule has 0 spiro atoms. The van der Waals surface area contributed by atoms with Crippen molar-refractivity contribution in [3.63, 3.8) is 0 Å². The van der Waals surface area contributed by atoms with E-state index in [0.29, 0.717) is 17.3 Å². The molecule has 0 unspecified atom stereocenters. The van der Waals surface area contributed by atoms with Crippen LogP contribution in [0, 0.1) is 6.92 Å². The molecule has 0 amide bonds. The van der Waals surface area contributed by atoms with Crippen LogP contribution in [0.2, 0.25) is 0 Å². The highest BCUT2D eigenvalue weighted by Crippen LogP contribution is 2.34. The molecule has 1 aromatic carbocycles. The van der Waals surface area contributed by atoms with Crippen molar-refractivity contribution < 1.29 is 13.2 Å². The predicted molar refractivity (Wildman–Crippen MR) is 81.7 cm³/mol. The zero-order valence-electron chi connectivity index (χ0n) is 11.8. The zero-order chi connectivity index (χ0) is 15.9. The fourth-order valence-electron chi connectivity index (χ4n) is 2.18. The maximum atomic E-state index is 12.6. The van der Waals surface area contributed by atoms with Crippen molar-refractivity contribution in [2.75, 3.05) is 11.9 Å². The third-order valence-electron chi connectivity index (χ3n) is 3.30. The first kappa shape index (κ1) is 14.8. The number of thiophene rings is 1. The number of aryl methyl sites for hydroxylation is 1. The lowest BCUT2D eigenvalue weighted by atomic mass is 10.2. The van der Waals surface area contributed by atoms with Crippen LogP contribution in [0.4, 0.5) is 24.7 Å². The molecular weight excluding hydrogens is 311 g/mol. The van der Waals surface area contributed by atoms with Gasteiger partial charge in [0.1, 0.15) is 5.82 Å². The number of hydrogen-bond acceptors (Lipinski definition) is 4. The number of fused-ring (bicyclic) bond motifs is 1. The molecule has 0 saturated heterocycles. The summed E-state index contributed by atoms with van der Waals surface area (Å²) in [5.41, 5.74) is 0.817. The molecule has 0 saturated carbocycles. The minimum atomic E-state index is -4.33. The highest BCUT2D eigenvalue weighted by Gasteiger charge is 2.30. The Morgan fingerprint density at radius 2 is 1.73 bits per heavy atom. The van der Waals surface area contributed by atoms with Crippen molar-refractivity contribution >= 4 is 33.1 Å². The second kappa shape index (κ2) is 5.24. The van der Waals surface area contributed by atoms with Crippen molar-refractivity contribution in [2.24, 2.45) is 0 Å². The molecule has 0 aliphatic heterocycles. The van der Waals surface area contributed by atoms with Crippen molar-refractivity contribution in [3.05, 3.63) is 47.1 Å². The maximum Gasteiger partial charge on any atom is 0.416 e. The van der Waals surface area contributed by atoms with Gasteiger partial charge in [-0.15, -0.1) is 11.3 Å². The van der Waals surface area contributed by atoms with Crippen LogP contribution < -0.4 is 4.90 Å². The number of anilines is 2. The molecule has 3 rings (SSSR count). The third kappa shape index (κ3) is 2.64. The summed E-state index contributed by atoms with van der Waals surface area (Å²) in [6.45, 7) is 1.79. The molecule has 22 heavy (non-hydrogen) atoms. The Labute approximate surface area is 129 Å². The highest BCUT2D eigenvalue weighted by atomic mass is 32.1. The van der Waals surface area contributed by atoms with Crippen LogP contribution in [0.15, 0.2) is 35.7 Å². The molecule has 0 fully saturated rings. The standard InChI is InChI=1S/C15H12F3N3S/c1-9-19-12-7-8-22-13(12)14(20-9)21(2)11-5-3-10(4-6-11)15(16,17)18/h3-8H,1-2H3. The minimum absolute atomic E-state index is 0.625. The molecule has 3 nitrogen and oxygen atoms in total. The third-order valence-corrected chi connectivity index (χ3v) is 4.20. The lowest BCUT2D eigenvalue weighted by Gasteiger charge is -2.20. The minimum Gasteiger partial charge on any atom is -0.328 e. The molecular formula is C15H12F3N3S. The summed E-state index contributed by atoms with van der Waals surface area (Å²) in [5, 5.41) is 1.92. The van der Waals surface area contributed by atoms with E-state index >= 15 is 0 Å². The van der Waals surface area contributed by atoms with E-state index in [1.165, 1.54) is 23.5 Å². The summed E-state index contributed by atoms with van der Waals surface area (Å²) < 4.78 is 38.8. The van der Waals surface area contributed by atoms with Gasteiger partial charge in [-0.2, -0.15) is 13.2 Å². The fraction of sp³-hybridized carbons (Fsp3) is 0.200. The first-order valence-electron chi connectivity index (χ1n) is 6.49. The van der Waals surface area contributed by atoms with Gasteiger partial charge in [0.2, 0.25) is 0 Å². The van der Waals surface area contributed by atoms with Crippen LogP contribution in [0.25, 0.3) is 10.2 Å². The van der Waals surface area contributed by atoms with E-state index in [1.807, 2.05) is 11.4 Å². The monoisotopic (exact) mass is 323 g/mol. The van der Waals surface area contributed by atoms with E-state index < -0.39 is 11.7 Å². The van der Waals surface area contributed by atoms with Gasteiger partial charge < -0.3 is 4.90 Å². The molecule has 0 radical (unpaired) electrons. The predicted octanol–water partition coefficient (Wildman–Crippen LogP) is 4.79. The maximum absolute atomic E-state index is 12.6. The zero-order valence-corrected chi connectivity index (χ0v) is 12.7. The van der Waals surface area contributed by atoms with Crippen molar-refractivity contribution in [2.45, 2.75) is 13.1 Å². The van der Waals surface area contributed by atoms with Crippen LogP contribution in [0.3, 0.4) is 0 Å². The van der Waals surface area contributed by atoms with E-state index in [1.54, 1.807) is 18.9 Å². The Bertz CT molecular complexity index is 809. The molecule has 2 heterocycles. The molecule has 0 aliphatic rings. The van der Waals surface area contributed by atoms with Crippen molar-refractivity contribution in [1.29, 1.82) is 0 Å². The second-order valence-corrected chi connectivity index (χ2v) is 5.75. The molecule has 0 bridgehead atoms. The first-order valence-corrected chi connectivity index (χ1v) is 7.37. The molecule has 114 valence electrons. The van der Waals surface area contributed by atoms with Crippen LogP contribution in [-0.2, 0) is 6.18 Å². The largest absolute Gasteiger partial charge is 0.416 e. The van der Waals surface area contributed by atoms with Crippen molar-refractivity contribution in [3.8, 4) is 0 Å². The van der Waals surface area contributed by atoms with Crippen LogP contribution in [-0.4, -0.2) is 17.0 Å². The van der Waals surface area contributed by atoms with Gasteiger partial charge in [-0.25, -0.2) is 9.97 Å². The lowest BCUT2D eigenvalue weighted by Crippen LogP contribution is -2.13. The number of nitrogens with zero attached hydrogens (tertiary/aromatic N) is 3. The summed E-state index contributed by atoms with van der Waals surface area (Å²) in [6.07, 6.45) is -4.33. The summed E-state index contributed by atoms with van der Waals surface area (Å²) in [4.78, 5) is 10.5. The second-order valence-electron chi connectivity index (χ2n) is 4.83. The van der Waals surface area contributed by atoms with E-state index in [9.17, 15) is 13.2 Å². The number of alkyl halides is 3. The first-order chi connectivity index (χ1) is 10.4. The fourth-order valence-corrected chi connectivity index (χ4v) is 3.04. The highest BCUT2D eigenvalue weighted by molar-refractivity contribution is 7.17.